The molecule has 0 saturated heterocycles. The van der Waals surface area contributed by atoms with Crippen molar-refractivity contribution in [1.82, 2.24) is 0 Å². The average Bonchev–Trinajstić information content (AvgIpc) is 2.60. The Morgan fingerprint density at radius 1 is 1.13 bits per heavy atom. The van der Waals surface area contributed by atoms with Gasteiger partial charge in [-0.3, -0.25) is 4.79 Å². The van der Waals surface area contributed by atoms with Crippen LogP contribution in [0.2, 0.25) is 0 Å². The Kier molecular flexibility index (Phi) is 5.42. The number of Topliss-reactive ketones (excluding diaryl/α,β-unsaturated/α-hetero) is 1. The summed E-state index contributed by atoms with van der Waals surface area (Å²) in [5, 5.41) is -0.355. The standard InChI is InChI=1S/C20H25ClO2/c1-23-16-9-5-6-14(12-16)13-18-17(10-11-19(21)20(18)22)15-7-3-2-4-8-15/h5-6,9,12-13,15,17,19H,2-4,7-8,10-11H2,1H3. The Bertz CT molecular complexity index is 587. The van der Waals surface area contributed by atoms with Gasteiger partial charge in [0.05, 0.1) is 12.5 Å². The minimum atomic E-state index is -0.355. The number of halogens is 1. The third-order valence-corrected chi connectivity index (χ3v) is 5.75. The quantitative estimate of drug-likeness (QED) is 0.558. The van der Waals surface area contributed by atoms with Gasteiger partial charge in [0.25, 0.3) is 0 Å². The molecule has 3 heteroatoms. The maximum atomic E-state index is 12.7. The molecule has 2 fully saturated rings. The van der Waals surface area contributed by atoms with Gasteiger partial charge in [-0.2, -0.15) is 0 Å². The van der Waals surface area contributed by atoms with E-state index in [1.165, 1.54) is 32.1 Å². The van der Waals surface area contributed by atoms with Gasteiger partial charge < -0.3 is 4.74 Å². The Morgan fingerprint density at radius 3 is 2.65 bits per heavy atom. The second kappa shape index (κ2) is 7.53. The van der Waals surface area contributed by atoms with Gasteiger partial charge in [0.2, 0.25) is 0 Å². The maximum Gasteiger partial charge on any atom is 0.176 e. The van der Waals surface area contributed by atoms with E-state index in [-0.39, 0.29) is 11.2 Å². The summed E-state index contributed by atoms with van der Waals surface area (Å²) in [5.41, 5.74) is 1.97. The van der Waals surface area contributed by atoms with Crippen LogP contribution in [0.4, 0.5) is 0 Å². The molecule has 0 aromatic heterocycles. The second-order valence-electron chi connectivity index (χ2n) is 6.79. The largest absolute Gasteiger partial charge is 0.497 e. The number of ketones is 1. The van der Waals surface area contributed by atoms with Gasteiger partial charge in [-0.15, -0.1) is 11.6 Å². The van der Waals surface area contributed by atoms with Gasteiger partial charge in [-0.1, -0.05) is 31.4 Å². The van der Waals surface area contributed by atoms with Crippen molar-refractivity contribution in [2.24, 2.45) is 11.8 Å². The summed E-state index contributed by atoms with van der Waals surface area (Å²) in [6.07, 6.45) is 10.3. The van der Waals surface area contributed by atoms with Crippen LogP contribution in [0.25, 0.3) is 6.08 Å². The normalized spacial score (nSPS) is 28.1. The Labute approximate surface area is 143 Å². The average molecular weight is 333 g/mol. The fraction of sp³-hybridized carbons (Fsp3) is 0.550. The molecule has 23 heavy (non-hydrogen) atoms. The smallest absolute Gasteiger partial charge is 0.176 e. The third kappa shape index (κ3) is 3.80. The van der Waals surface area contributed by atoms with Crippen LogP contribution in [0, 0.1) is 11.8 Å². The number of allylic oxidation sites excluding steroid dienone is 1. The Balaban J connectivity index is 1.91. The van der Waals surface area contributed by atoms with Gasteiger partial charge >= 0.3 is 0 Å². The van der Waals surface area contributed by atoms with Crippen molar-refractivity contribution >= 4 is 23.5 Å². The molecule has 0 heterocycles. The van der Waals surface area contributed by atoms with Gasteiger partial charge in [-0.05, 0) is 61.3 Å². The molecule has 124 valence electrons. The van der Waals surface area contributed by atoms with Gasteiger partial charge in [-0.25, -0.2) is 0 Å². The Hall–Kier alpha value is -1.28. The molecule has 1 aromatic rings. The molecule has 0 bridgehead atoms. The third-order valence-electron chi connectivity index (χ3n) is 5.33. The molecule has 2 nitrogen and oxygen atoms in total. The molecular weight excluding hydrogens is 308 g/mol. The molecular formula is C20H25ClO2. The first kappa shape index (κ1) is 16.6. The minimum Gasteiger partial charge on any atom is -0.497 e. The van der Waals surface area contributed by atoms with Crippen molar-refractivity contribution in [3.8, 4) is 5.75 Å². The van der Waals surface area contributed by atoms with Crippen molar-refractivity contribution in [3.05, 3.63) is 35.4 Å². The van der Waals surface area contributed by atoms with Crippen LogP contribution < -0.4 is 4.74 Å². The monoisotopic (exact) mass is 332 g/mol. The summed E-state index contributed by atoms with van der Waals surface area (Å²) < 4.78 is 5.29. The first-order valence-electron chi connectivity index (χ1n) is 8.73. The molecule has 2 saturated carbocycles. The van der Waals surface area contributed by atoms with Crippen LogP contribution in [0.1, 0.15) is 50.5 Å². The number of alkyl halides is 1. The summed E-state index contributed by atoms with van der Waals surface area (Å²) in [6.45, 7) is 0. The van der Waals surface area contributed by atoms with Crippen LogP contribution in [-0.4, -0.2) is 18.3 Å². The maximum absolute atomic E-state index is 12.7. The number of rotatable bonds is 3. The van der Waals surface area contributed by atoms with E-state index in [0.717, 1.165) is 29.7 Å². The Morgan fingerprint density at radius 2 is 1.91 bits per heavy atom. The molecule has 0 spiro atoms. The number of carbonyl (C=O) groups is 1. The fourth-order valence-electron chi connectivity index (χ4n) is 4.09. The molecule has 1 aromatic carbocycles. The zero-order valence-electron chi connectivity index (χ0n) is 13.8. The van der Waals surface area contributed by atoms with Crippen LogP contribution in [-0.2, 0) is 4.79 Å². The first-order chi connectivity index (χ1) is 11.2. The van der Waals surface area contributed by atoms with E-state index in [0.29, 0.717) is 11.8 Å². The summed E-state index contributed by atoms with van der Waals surface area (Å²) in [7, 11) is 1.66. The van der Waals surface area contributed by atoms with Crippen molar-refractivity contribution in [1.29, 1.82) is 0 Å². The van der Waals surface area contributed by atoms with Crippen molar-refractivity contribution < 1.29 is 9.53 Å². The molecule has 0 radical (unpaired) electrons. The highest BCUT2D eigenvalue weighted by molar-refractivity contribution is 6.34. The number of hydrogen-bond acceptors (Lipinski definition) is 2. The molecule has 2 aliphatic carbocycles. The highest BCUT2D eigenvalue weighted by atomic mass is 35.5. The lowest BCUT2D eigenvalue weighted by atomic mass is 9.70. The van der Waals surface area contributed by atoms with Crippen LogP contribution in [0.3, 0.4) is 0 Å². The summed E-state index contributed by atoms with van der Waals surface area (Å²) in [6, 6.07) is 7.90. The topological polar surface area (TPSA) is 26.3 Å². The summed E-state index contributed by atoms with van der Waals surface area (Å²) in [4.78, 5) is 12.7. The van der Waals surface area contributed by atoms with Crippen molar-refractivity contribution in [3.63, 3.8) is 0 Å². The summed E-state index contributed by atoms with van der Waals surface area (Å²) in [5.74, 6) is 1.98. The van der Waals surface area contributed by atoms with E-state index >= 15 is 0 Å². The number of carbonyl (C=O) groups excluding carboxylic acids is 1. The molecule has 2 aliphatic rings. The zero-order valence-corrected chi connectivity index (χ0v) is 14.5. The van der Waals surface area contributed by atoms with Gasteiger partial charge in [0, 0.05) is 5.57 Å². The van der Waals surface area contributed by atoms with E-state index in [4.69, 9.17) is 16.3 Å². The van der Waals surface area contributed by atoms with E-state index in [9.17, 15) is 4.79 Å². The van der Waals surface area contributed by atoms with E-state index in [2.05, 4.69) is 6.08 Å². The molecule has 0 aliphatic heterocycles. The van der Waals surface area contributed by atoms with Crippen molar-refractivity contribution in [2.75, 3.05) is 7.11 Å². The first-order valence-corrected chi connectivity index (χ1v) is 9.16. The zero-order chi connectivity index (χ0) is 16.2. The minimum absolute atomic E-state index is 0.135. The molecule has 2 unspecified atom stereocenters. The van der Waals surface area contributed by atoms with Gasteiger partial charge in [0.15, 0.2) is 5.78 Å². The van der Waals surface area contributed by atoms with E-state index < -0.39 is 0 Å². The second-order valence-corrected chi connectivity index (χ2v) is 7.32. The molecule has 3 rings (SSSR count). The number of ether oxygens (including phenoxy) is 1. The molecule has 0 amide bonds. The van der Waals surface area contributed by atoms with Crippen LogP contribution in [0.5, 0.6) is 5.75 Å². The number of benzene rings is 1. The van der Waals surface area contributed by atoms with E-state index in [1.54, 1.807) is 7.11 Å². The number of methoxy groups -OCH3 is 1. The molecule has 2 atom stereocenters. The van der Waals surface area contributed by atoms with Crippen molar-refractivity contribution in [2.45, 2.75) is 50.3 Å². The lowest BCUT2D eigenvalue weighted by molar-refractivity contribution is -0.117. The fourth-order valence-corrected chi connectivity index (χ4v) is 4.34. The highest BCUT2D eigenvalue weighted by Gasteiger charge is 2.36. The van der Waals surface area contributed by atoms with Crippen LogP contribution in [0.15, 0.2) is 29.8 Å². The predicted molar refractivity (Wildman–Crippen MR) is 94.9 cm³/mol. The molecule has 0 N–H and O–H groups in total. The van der Waals surface area contributed by atoms with Crippen LogP contribution >= 0.6 is 11.6 Å². The highest BCUT2D eigenvalue weighted by Crippen LogP contribution is 2.41. The summed E-state index contributed by atoms with van der Waals surface area (Å²) >= 11 is 6.28. The number of hydrogen-bond donors (Lipinski definition) is 0. The van der Waals surface area contributed by atoms with Gasteiger partial charge in [0.1, 0.15) is 5.75 Å². The SMILES string of the molecule is COc1cccc(C=C2C(=O)C(Cl)CCC2C2CCCCC2)c1. The predicted octanol–water partition coefficient (Wildman–Crippen LogP) is 5.25. The lowest BCUT2D eigenvalue weighted by Gasteiger charge is -2.35. The van der Waals surface area contributed by atoms with E-state index in [1.807, 2.05) is 24.3 Å². The lowest BCUT2D eigenvalue weighted by Crippen LogP contribution is -2.33.